The summed E-state index contributed by atoms with van der Waals surface area (Å²) in [5.41, 5.74) is -0.489. The second-order valence-corrected chi connectivity index (χ2v) is 3.00. The van der Waals surface area contributed by atoms with Crippen LogP contribution in [0.4, 0.5) is 0 Å². The number of hydrogen-bond acceptors (Lipinski definition) is 3. The molecule has 0 aromatic heterocycles. The Kier molecular flexibility index (Phi) is 3.32. The summed E-state index contributed by atoms with van der Waals surface area (Å²) in [6.07, 6.45) is 2.19. The molecule has 0 saturated heterocycles. The normalized spacial score (nSPS) is 11.1. The summed E-state index contributed by atoms with van der Waals surface area (Å²) in [5, 5.41) is 8.07. The van der Waals surface area contributed by atoms with Crippen molar-refractivity contribution >= 4 is 5.97 Å². The van der Waals surface area contributed by atoms with Gasteiger partial charge in [0.05, 0.1) is 6.07 Å². The van der Waals surface area contributed by atoms with Crippen LogP contribution in [-0.2, 0) is 9.53 Å². The van der Waals surface area contributed by atoms with Crippen LogP contribution in [0.1, 0.15) is 20.8 Å². The molecule has 0 unspecified atom stereocenters. The van der Waals surface area contributed by atoms with E-state index >= 15 is 0 Å². The molecule has 0 heterocycles. The molecule has 11 heavy (non-hydrogen) atoms. The first kappa shape index (κ1) is 9.70. The fourth-order valence-corrected chi connectivity index (χ4v) is 0.441. The van der Waals surface area contributed by atoms with E-state index in [1.165, 1.54) is 0 Å². The molecule has 0 aromatic rings. The summed E-state index contributed by atoms with van der Waals surface area (Å²) in [7, 11) is 0. The van der Waals surface area contributed by atoms with Crippen LogP contribution in [0.25, 0.3) is 0 Å². The van der Waals surface area contributed by atoms with Gasteiger partial charge in [-0.1, -0.05) is 0 Å². The van der Waals surface area contributed by atoms with Gasteiger partial charge in [-0.3, -0.25) is 0 Å². The van der Waals surface area contributed by atoms with Crippen molar-refractivity contribution in [2.24, 2.45) is 0 Å². The summed E-state index contributed by atoms with van der Waals surface area (Å²) in [5.74, 6) is -0.487. The van der Waals surface area contributed by atoms with Crippen LogP contribution < -0.4 is 0 Å². The van der Waals surface area contributed by atoms with E-state index in [4.69, 9.17) is 10.00 Å². The van der Waals surface area contributed by atoms with Gasteiger partial charge >= 0.3 is 5.97 Å². The summed E-state index contributed by atoms with van der Waals surface area (Å²) < 4.78 is 4.86. The van der Waals surface area contributed by atoms with Gasteiger partial charge in [-0.15, -0.1) is 0 Å². The molecule has 0 radical (unpaired) electrons. The third-order valence-corrected chi connectivity index (χ3v) is 0.701. The number of rotatable bonds is 1. The number of nitriles is 1. The number of allylic oxidation sites excluding steroid dienone is 1. The van der Waals surface area contributed by atoms with E-state index in [0.717, 1.165) is 12.2 Å². The first-order chi connectivity index (χ1) is 4.95. The number of hydrogen-bond donors (Lipinski definition) is 0. The topological polar surface area (TPSA) is 50.1 Å². The van der Waals surface area contributed by atoms with Crippen molar-refractivity contribution in [2.45, 2.75) is 26.4 Å². The Bertz CT molecular complexity index is 205. The summed E-state index contributed by atoms with van der Waals surface area (Å²) in [6.45, 7) is 5.31. The molecule has 3 heteroatoms. The molecule has 0 bridgehead atoms. The highest BCUT2D eigenvalue weighted by atomic mass is 16.6. The Morgan fingerprint density at radius 1 is 1.55 bits per heavy atom. The van der Waals surface area contributed by atoms with Gasteiger partial charge in [-0.2, -0.15) is 5.26 Å². The SMILES string of the molecule is CC(C)(C)OC(=O)/C=C/C#N. The maximum Gasteiger partial charge on any atom is 0.331 e. The standard InChI is InChI=1S/C8H11NO2/c1-8(2,3)11-7(10)5-4-6-9/h4-5H,1-3H3/b5-4+. The van der Waals surface area contributed by atoms with Gasteiger partial charge in [0.2, 0.25) is 0 Å². The van der Waals surface area contributed by atoms with E-state index in [9.17, 15) is 4.79 Å². The molecule has 0 aliphatic rings. The van der Waals surface area contributed by atoms with Crippen molar-refractivity contribution < 1.29 is 9.53 Å². The Morgan fingerprint density at radius 3 is 2.45 bits per heavy atom. The van der Waals surface area contributed by atoms with Gasteiger partial charge in [0.25, 0.3) is 0 Å². The van der Waals surface area contributed by atoms with Gasteiger partial charge in [-0.05, 0) is 20.8 Å². The Labute approximate surface area is 66.3 Å². The second-order valence-electron chi connectivity index (χ2n) is 3.00. The molecule has 0 spiro atoms. The minimum Gasteiger partial charge on any atom is -0.457 e. The lowest BCUT2D eigenvalue weighted by atomic mass is 10.2. The van der Waals surface area contributed by atoms with Crippen LogP contribution in [-0.4, -0.2) is 11.6 Å². The highest BCUT2D eigenvalue weighted by Crippen LogP contribution is 2.06. The van der Waals surface area contributed by atoms with Gasteiger partial charge in [0, 0.05) is 12.2 Å². The average molecular weight is 153 g/mol. The van der Waals surface area contributed by atoms with Gasteiger partial charge in [-0.25, -0.2) is 4.79 Å². The van der Waals surface area contributed by atoms with Crippen LogP contribution in [0.5, 0.6) is 0 Å². The fourth-order valence-electron chi connectivity index (χ4n) is 0.441. The highest BCUT2D eigenvalue weighted by molar-refractivity contribution is 5.82. The lowest BCUT2D eigenvalue weighted by Gasteiger charge is -2.17. The highest BCUT2D eigenvalue weighted by Gasteiger charge is 2.13. The van der Waals surface area contributed by atoms with E-state index in [0.29, 0.717) is 0 Å². The second kappa shape index (κ2) is 3.77. The van der Waals surface area contributed by atoms with Crippen molar-refractivity contribution in [3.63, 3.8) is 0 Å². The Balaban J connectivity index is 3.92. The van der Waals surface area contributed by atoms with Crippen molar-refractivity contribution in [2.75, 3.05) is 0 Å². The maximum atomic E-state index is 10.8. The van der Waals surface area contributed by atoms with Crippen molar-refractivity contribution in [1.29, 1.82) is 5.26 Å². The largest absolute Gasteiger partial charge is 0.457 e. The molecule has 0 aromatic carbocycles. The molecule has 0 amide bonds. The number of nitrogens with zero attached hydrogens (tertiary/aromatic N) is 1. The number of carbonyl (C=O) groups is 1. The van der Waals surface area contributed by atoms with Crippen LogP contribution in [0.3, 0.4) is 0 Å². The summed E-state index contributed by atoms with van der Waals surface area (Å²) in [4.78, 5) is 10.8. The predicted octanol–water partition coefficient (Wildman–Crippen LogP) is 1.41. The third-order valence-electron chi connectivity index (χ3n) is 0.701. The predicted molar refractivity (Wildman–Crippen MR) is 40.6 cm³/mol. The first-order valence-corrected chi connectivity index (χ1v) is 3.25. The van der Waals surface area contributed by atoms with Gasteiger partial charge < -0.3 is 4.74 Å². The molecular formula is C8H11NO2. The zero-order valence-electron chi connectivity index (χ0n) is 6.92. The van der Waals surface area contributed by atoms with E-state index in [1.54, 1.807) is 26.8 Å². The van der Waals surface area contributed by atoms with Crippen molar-refractivity contribution in [1.82, 2.24) is 0 Å². The molecule has 60 valence electrons. The van der Waals surface area contributed by atoms with Gasteiger partial charge in [0.15, 0.2) is 0 Å². The van der Waals surface area contributed by atoms with E-state index < -0.39 is 11.6 Å². The lowest BCUT2D eigenvalue weighted by Crippen LogP contribution is -2.22. The Morgan fingerprint density at radius 2 is 2.09 bits per heavy atom. The minimum atomic E-state index is -0.489. The fraction of sp³-hybridized carbons (Fsp3) is 0.500. The van der Waals surface area contributed by atoms with Crippen LogP contribution in [0, 0.1) is 11.3 Å². The van der Waals surface area contributed by atoms with E-state index in [2.05, 4.69) is 0 Å². The summed E-state index contributed by atoms with van der Waals surface area (Å²) >= 11 is 0. The molecule has 3 nitrogen and oxygen atoms in total. The number of esters is 1. The zero-order valence-corrected chi connectivity index (χ0v) is 6.92. The molecule has 0 rings (SSSR count). The van der Waals surface area contributed by atoms with Crippen LogP contribution >= 0.6 is 0 Å². The maximum absolute atomic E-state index is 10.8. The molecule has 0 atom stereocenters. The van der Waals surface area contributed by atoms with Crippen molar-refractivity contribution in [3.8, 4) is 6.07 Å². The van der Waals surface area contributed by atoms with E-state index in [-0.39, 0.29) is 0 Å². The molecule has 0 N–H and O–H groups in total. The lowest BCUT2D eigenvalue weighted by molar-refractivity contribution is -0.148. The monoisotopic (exact) mass is 153 g/mol. The Hall–Kier alpha value is -1.30. The summed E-state index contributed by atoms with van der Waals surface area (Å²) in [6, 6.07) is 1.70. The number of ether oxygens (including phenoxy) is 1. The van der Waals surface area contributed by atoms with Crippen LogP contribution in [0.2, 0.25) is 0 Å². The molecule has 0 aliphatic carbocycles. The molecular weight excluding hydrogens is 142 g/mol. The van der Waals surface area contributed by atoms with E-state index in [1.807, 2.05) is 0 Å². The smallest absolute Gasteiger partial charge is 0.331 e. The quantitative estimate of drug-likeness (QED) is 0.325. The van der Waals surface area contributed by atoms with Gasteiger partial charge in [0.1, 0.15) is 5.60 Å². The molecule has 0 fully saturated rings. The molecule has 0 aliphatic heterocycles. The minimum absolute atomic E-state index is 0.487. The first-order valence-electron chi connectivity index (χ1n) is 3.25. The third kappa shape index (κ3) is 6.59. The average Bonchev–Trinajstić information content (AvgIpc) is 1.79. The number of carbonyl (C=O) groups excluding carboxylic acids is 1. The van der Waals surface area contributed by atoms with Crippen LogP contribution in [0.15, 0.2) is 12.2 Å². The zero-order chi connectivity index (χ0) is 8.91. The molecule has 0 saturated carbocycles. The van der Waals surface area contributed by atoms with Crippen molar-refractivity contribution in [3.05, 3.63) is 12.2 Å².